The van der Waals surface area contributed by atoms with E-state index in [1.54, 1.807) is 0 Å². The zero-order valence-corrected chi connectivity index (χ0v) is 11.7. The summed E-state index contributed by atoms with van der Waals surface area (Å²) in [5.41, 5.74) is 0. The molecule has 0 aromatic rings. The van der Waals surface area contributed by atoms with Gasteiger partial charge in [0.25, 0.3) is 0 Å². The molecule has 0 bridgehead atoms. The van der Waals surface area contributed by atoms with Crippen LogP contribution in [-0.4, -0.2) is 69.9 Å². The maximum Gasteiger partial charge on any atom is 0.0988 e. The Morgan fingerprint density at radius 2 is 1.42 bits per heavy atom. The molecule has 5 nitrogen and oxygen atoms in total. The van der Waals surface area contributed by atoms with Crippen molar-refractivity contribution in [2.24, 2.45) is 0 Å². The molecule has 1 aliphatic heterocycles. The van der Waals surface area contributed by atoms with Gasteiger partial charge in [-0.05, 0) is 19.4 Å². The van der Waals surface area contributed by atoms with Crippen LogP contribution in [0.3, 0.4) is 0 Å². The van der Waals surface area contributed by atoms with E-state index in [9.17, 15) is 15.3 Å². The van der Waals surface area contributed by atoms with Crippen molar-refractivity contribution in [3.8, 4) is 0 Å². The molecule has 19 heavy (non-hydrogen) atoms. The average Bonchev–Trinajstić information content (AvgIpc) is 2.68. The largest absolute Gasteiger partial charge is 0.396 e. The first-order valence-electron chi connectivity index (χ1n) is 7.52. The molecule has 1 heterocycles. The Bertz CT molecular complexity index is 227. The molecule has 0 aromatic heterocycles. The van der Waals surface area contributed by atoms with Crippen LogP contribution in [0, 0.1) is 0 Å². The van der Waals surface area contributed by atoms with Crippen molar-refractivity contribution >= 4 is 0 Å². The highest BCUT2D eigenvalue weighted by molar-refractivity contribution is 4.92. The van der Waals surface area contributed by atoms with Crippen LogP contribution in [0.5, 0.6) is 0 Å². The second-order valence-corrected chi connectivity index (χ2v) is 5.50. The Morgan fingerprint density at radius 1 is 0.842 bits per heavy atom. The number of likely N-dealkylation sites (tertiary alicyclic amines) is 1. The molecule has 0 aromatic carbocycles. The van der Waals surface area contributed by atoms with Crippen LogP contribution in [0.4, 0.5) is 0 Å². The summed E-state index contributed by atoms with van der Waals surface area (Å²) in [7, 11) is 0. The van der Waals surface area contributed by atoms with Gasteiger partial charge >= 0.3 is 0 Å². The molecule has 0 saturated carbocycles. The van der Waals surface area contributed by atoms with Crippen molar-refractivity contribution in [3.63, 3.8) is 0 Å². The molecule has 0 radical (unpaired) electrons. The second-order valence-electron chi connectivity index (χ2n) is 5.50. The lowest BCUT2D eigenvalue weighted by atomic mass is 10.1. The monoisotopic (exact) mass is 275 g/mol. The minimum Gasteiger partial charge on any atom is -0.396 e. The lowest BCUT2D eigenvalue weighted by molar-refractivity contribution is 0.0216. The zero-order chi connectivity index (χ0) is 14.1. The fourth-order valence-electron chi connectivity index (χ4n) is 2.75. The van der Waals surface area contributed by atoms with E-state index in [1.807, 2.05) is 4.90 Å². The smallest absolute Gasteiger partial charge is 0.0988 e. The van der Waals surface area contributed by atoms with Gasteiger partial charge in [0.15, 0.2) is 0 Å². The number of unbranched alkanes of at least 4 members (excludes halogenated alkanes) is 6. The third-order valence-corrected chi connectivity index (χ3v) is 3.97. The van der Waals surface area contributed by atoms with Gasteiger partial charge in [-0.2, -0.15) is 0 Å². The summed E-state index contributed by atoms with van der Waals surface area (Å²) < 4.78 is 0. The molecule has 114 valence electrons. The van der Waals surface area contributed by atoms with Crippen LogP contribution in [0.2, 0.25) is 0 Å². The van der Waals surface area contributed by atoms with Gasteiger partial charge in [0.1, 0.15) is 0 Å². The number of aliphatic hydroxyl groups excluding tert-OH is 4. The van der Waals surface area contributed by atoms with E-state index in [4.69, 9.17) is 5.11 Å². The van der Waals surface area contributed by atoms with E-state index >= 15 is 0 Å². The fraction of sp³-hybridized carbons (Fsp3) is 1.00. The highest BCUT2D eigenvalue weighted by Gasteiger charge is 2.38. The summed E-state index contributed by atoms with van der Waals surface area (Å²) in [5, 5.41) is 37.1. The Morgan fingerprint density at radius 3 is 2.00 bits per heavy atom. The van der Waals surface area contributed by atoms with E-state index in [0.717, 1.165) is 32.2 Å². The Balaban J connectivity index is 2.03. The summed E-state index contributed by atoms with van der Waals surface area (Å²) in [6.45, 7) is 1.49. The molecule has 1 aliphatic rings. The highest BCUT2D eigenvalue weighted by atomic mass is 16.3. The van der Waals surface area contributed by atoms with E-state index in [-0.39, 0.29) is 12.6 Å². The Labute approximate surface area is 115 Å². The van der Waals surface area contributed by atoms with Crippen LogP contribution >= 0.6 is 0 Å². The molecule has 1 fully saturated rings. The van der Waals surface area contributed by atoms with Crippen LogP contribution in [0.25, 0.3) is 0 Å². The highest BCUT2D eigenvalue weighted by Crippen LogP contribution is 2.19. The first-order chi connectivity index (χ1) is 9.20. The number of hydrogen-bond acceptors (Lipinski definition) is 5. The molecule has 4 N–H and O–H groups in total. The van der Waals surface area contributed by atoms with Gasteiger partial charge in [0, 0.05) is 13.2 Å². The molecule has 5 heteroatoms. The summed E-state index contributed by atoms with van der Waals surface area (Å²) in [5.74, 6) is 0. The fourth-order valence-corrected chi connectivity index (χ4v) is 2.75. The SMILES string of the molecule is OCCCCCCCCCN1CC(O)C(O)C1CO. The molecule has 0 aliphatic carbocycles. The topological polar surface area (TPSA) is 84.2 Å². The van der Waals surface area contributed by atoms with Crippen molar-refractivity contribution in [2.45, 2.75) is 63.2 Å². The van der Waals surface area contributed by atoms with Gasteiger partial charge in [-0.15, -0.1) is 0 Å². The van der Waals surface area contributed by atoms with Gasteiger partial charge in [0.2, 0.25) is 0 Å². The summed E-state index contributed by atoms with van der Waals surface area (Å²) in [6, 6.07) is -0.306. The van der Waals surface area contributed by atoms with Crippen molar-refractivity contribution in [1.29, 1.82) is 0 Å². The maximum absolute atomic E-state index is 9.68. The van der Waals surface area contributed by atoms with Gasteiger partial charge in [-0.1, -0.05) is 32.1 Å². The number of aliphatic hydroxyl groups is 4. The number of rotatable bonds is 10. The van der Waals surface area contributed by atoms with Crippen molar-refractivity contribution < 1.29 is 20.4 Å². The standard InChI is InChI=1S/C14H29NO4/c16-9-7-5-3-1-2-4-6-8-15-10-13(18)14(19)12(15)11-17/h12-14,16-19H,1-11H2. The first-order valence-corrected chi connectivity index (χ1v) is 7.52. The molecule has 3 unspecified atom stereocenters. The number of nitrogens with zero attached hydrogens (tertiary/aromatic N) is 1. The van der Waals surface area contributed by atoms with Gasteiger partial charge < -0.3 is 20.4 Å². The van der Waals surface area contributed by atoms with Crippen LogP contribution in [0.1, 0.15) is 44.9 Å². The average molecular weight is 275 g/mol. The molecule has 1 rings (SSSR count). The predicted molar refractivity (Wildman–Crippen MR) is 73.9 cm³/mol. The van der Waals surface area contributed by atoms with Crippen molar-refractivity contribution in [2.75, 3.05) is 26.3 Å². The van der Waals surface area contributed by atoms with Gasteiger partial charge in [-0.3, -0.25) is 4.90 Å². The number of hydrogen-bond donors (Lipinski definition) is 4. The van der Waals surface area contributed by atoms with E-state index in [2.05, 4.69) is 0 Å². The molecule has 0 amide bonds. The Hall–Kier alpha value is -0.200. The van der Waals surface area contributed by atoms with E-state index in [1.165, 1.54) is 19.3 Å². The molecular weight excluding hydrogens is 246 g/mol. The minimum atomic E-state index is -0.816. The van der Waals surface area contributed by atoms with Gasteiger partial charge in [0.05, 0.1) is 24.9 Å². The molecule has 1 saturated heterocycles. The van der Waals surface area contributed by atoms with Gasteiger partial charge in [-0.25, -0.2) is 0 Å². The summed E-state index contributed by atoms with van der Waals surface area (Å²) in [4.78, 5) is 1.99. The van der Waals surface area contributed by atoms with Crippen LogP contribution < -0.4 is 0 Å². The quantitative estimate of drug-likeness (QED) is 0.425. The first kappa shape index (κ1) is 16.9. The molecular formula is C14H29NO4. The van der Waals surface area contributed by atoms with Crippen LogP contribution in [0.15, 0.2) is 0 Å². The normalized spacial score (nSPS) is 28.1. The number of β-amino-alcohol motifs (C(OH)–C–C–N with tert-alkyl or cyclic N) is 1. The third kappa shape index (κ3) is 5.75. The Kier molecular flexibility index (Phi) is 8.57. The lowest BCUT2D eigenvalue weighted by Gasteiger charge is -2.23. The van der Waals surface area contributed by atoms with Crippen molar-refractivity contribution in [3.05, 3.63) is 0 Å². The van der Waals surface area contributed by atoms with E-state index < -0.39 is 12.2 Å². The maximum atomic E-state index is 9.68. The minimum absolute atomic E-state index is 0.0978. The lowest BCUT2D eigenvalue weighted by Crippen LogP contribution is -2.39. The van der Waals surface area contributed by atoms with E-state index in [0.29, 0.717) is 13.2 Å². The molecule has 0 spiro atoms. The van der Waals surface area contributed by atoms with Crippen molar-refractivity contribution in [1.82, 2.24) is 4.90 Å². The van der Waals surface area contributed by atoms with Crippen LogP contribution in [-0.2, 0) is 0 Å². The zero-order valence-electron chi connectivity index (χ0n) is 11.7. The molecule has 3 atom stereocenters. The summed E-state index contributed by atoms with van der Waals surface area (Å²) >= 11 is 0. The third-order valence-electron chi connectivity index (χ3n) is 3.97. The second kappa shape index (κ2) is 9.66. The summed E-state index contributed by atoms with van der Waals surface area (Å²) in [6.07, 6.45) is 6.22. The predicted octanol–water partition coefficient (Wildman–Crippen LogP) is 0.108.